The molecule has 1 nitrogen and oxygen atoms in total. The molecule has 17 heavy (non-hydrogen) atoms. The van der Waals surface area contributed by atoms with E-state index in [4.69, 9.17) is 0 Å². The summed E-state index contributed by atoms with van der Waals surface area (Å²) in [5.74, 6) is 0. The summed E-state index contributed by atoms with van der Waals surface area (Å²) in [7, 11) is 0. The number of allylic oxidation sites excluding steroid dienone is 5. The van der Waals surface area contributed by atoms with Gasteiger partial charge in [0.05, 0.1) is 5.54 Å². The fourth-order valence-corrected chi connectivity index (χ4v) is 1.07. The Balaban J connectivity index is 0. The van der Waals surface area contributed by atoms with E-state index in [9.17, 15) is 0 Å². The molecular formula is C16H29N. The van der Waals surface area contributed by atoms with E-state index >= 15 is 0 Å². The first kappa shape index (κ1) is 18.3. The molecule has 0 radical (unpaired) electrons. The van der Waals surface area contributed by atoms with Crippen LogP contribution in [0.1, 0.15) is 54.9 Å². The second-order valence-electron chi connectivity index (χ2n) is 4.58. The molecule has 0 aromatic heterocycles. The molecule has 0 aromatic rings. The van der Waals surface area contributed by atoms with Crippen LogP contribution in [0.15, 0.2) is 40.9 Å². The highest BCUT2D eigenvalue weighted by Gasteiger charge is 2.05. The first-order valence-electron chi connectivity index (χ1n) is 6.45. The van der Waals surface area contributed by atoms with Crippen LogP contribution in [-0.2, 0) is 0 Å². The van der Waals surface area contributed by atoms with Crippen molar-refractivity contribution in [2.24, 2.45) is 4.99 Å². The molecule has 1 heteroatoms. The third-order valence-corrected chi connectivity index (χ3v) is 1.84. The average molecular weight is 235 g/mol. The highest BCUT2D eigenvalue weighted by atomic mass is 14.8. The van der Waals surface area contributed by atoms with Gasteiger partial charge < -0.3 is 0 Å². The third kappa shape index (κ3) is 11.2. The Morgan fingerprint density at radius 3 is 2.12 bits per heavy atom. The highest BCUT2D eigenvalue weighted by Crippen LogP contribution is 2.11. The second-order valence-corrected chi connectivity index (χ2v) is 4.58. The van der Waals surface area contributed by atoms with Crippen LogP contribution >= 0.6 is 0 Å². The summed E-state index contributed by atoms with van der Waals surface area (Å²) in [5, 5.41) is 0. The highest BCUT2D eigenvalue weighted by molar-refractivity contribution is 5.84. The molecule has 0 aliphatic heterocycles. The molecule has 0 amide bonds. The van der Waals surface area contributed by atoms with Gasteiger partial charge in [0.25, 0.3) is 0 Å². The van der Waals surface area contributed by atoms with Crippen molar-refractivity contribution in [1.29, 1.82) is 0 Å². The molecule has 0 saturated carbocycles. The van der Waals surface area contributed by atoms with Crippen LogP contribution in [0.5, 0.6) is 0 Å². The van der Waals surface area contributed by atoms with E-state index in [1.54, 1.807) is 0 Å². The second kappa shape index (κ2) is 10.1. The molecule has 0 N–H and O–H groups in total. The van der Waals surface area contributed by atoms with Gasteiger partial charge >= 0.3 is 0 Å². The monoisotopic (exact) mass is 235 g/mol. The van der Waals surface area contributed by atoms with Crippen molar-refractivity contribution in [2.75, 3.05) is 0 Å². The Hall–Kier alpha value is -1.11. The zero-order valence-electron chi connectivity index (χ0n) is 12.7. The lowest BCUT2D eigenvalue weighted by Crippen LogP contribution is -2.10. The van der Waals surface area contributed by atoms with Gasteiger partial charge in [-0.3, -0.25) is 4.99 Å². The zero-order chi connectivity index (χ0) is 13.9. The van der Waals surface area contributed by atoms with E-state index in [0.29, 0.717) is 0 Å². The van der Waals surface area contributed by atoms with Gasteiger partial charge in [0.2, 0.25) is 0 Å². The van der Waals surface area contributed by atoms with Crippen LogP contribution in [0.2, 0.25) is 0 Å². The third-order valence-electron chi connectivity index (χ3n) is 1.84. The number of rotatable bonds is 4. The van der Waals surface area contributed by atoms with Gasteiger partial charge in [-0.15, -0.1) is 0 Å². The lowest BCUT2D eigenvalue weighted by atomic mass is 10.1. The van der Waals surface area contributed by atoms with Crippen LogP contribution < -0.4 is 0 Å². The number of nitrogens with zero attached hydrogens (tertiary/aromatic N) is 1. The molecule has 0 rings (SSSR count). The molecule has 0 heterocycles. The molecule has 0 aliphatic carbocycles. The molecule has 0 unspecified atom stereocenters. The van der Waals surface area contributed by atoms with Crippen molar-refractivity contribution in [3.63, 3.8) is 0 Å². The Labute approximate surface area is 108 Å². The Morgan fingerprint density at radius 1 is 1.24 bits per heavy atom. The van der Waals surface area contributed by atoms with E-state index in [1.807, 2.05) is 32.2 Å². The Kier molecular flexibility index (Phi) is 10.8. The molecule has 0 bridgehead atoms. The molecule has 0 spiro atoms. The smallest absolute Gasteiger partial charge is 0.0524 e. The minimum absolute atomic E-state index is 0.0126. The summed E-state index contributed by atoms with van der Waals surface area (Å²) in [5.41, 5.74) is 2.38. The Bertz CT molecular complexity index is 285. The van der Waals surface area contributed by atoms with Gasteiger partial charge in [-0.05, 0) is 45.3 Å². The number of hydrogen-bond acceptors (Lipinski definition) is 1. The maximum Gasteiger partial charge on any atom is 0.0524 e. The van der Waals surface area contributed by atoms with Crippen molar-refractivity contribution in [3.05, 3.63) is 36.0 Å². The standard InChI is InChI=1S/C14H23N.C2H6/c1-7-9-12(3)13(10-8-2)11-15-14(4,5)6;1-2/h7,9-11H,1,8H2,2-6H3;1-2H3/b12-9-,13-10-,15-11?;. The summed E-state index contributed by atoms with van der Waals surface area (Å²) < 4.78 is 0. The molecule has 0 atom stereocenters. The van der Waals surface area contributed by atoms with E-state index in [2.05, 4.69) is 52.3 Å². The van der Waals surface area contributed by atoms with E-state index < -0.39 is 0 Å². The van der Waals surface area contributed by atoms with E-state index in [-0.39, 0.29) is 5.54 Å². The maximum atomic E-state index is 4.51. The maximum absolute atomic E-state index is 4.51. The van der Waals surface area contributed by atoms with Crippen LogP contribution in [-0.4, -0.2) is 11.8 Å². The molecular weight excluding hydrogens is 206 g/mol. The quantitative estimate of drug-likeness (QED) is 0.460. The minimum Gasteiger partial charge on any atom is -0.287 e. The van der Waals surface area contributed by atoms with Gasteiger partial charge in [-0.25, -0.2) is 0 Å². The van der Waals surface area contributed by atoms with E-state index in [0.717, 1.165) is 6.42 Å². The molecule has 0 aliphatic rings. The van der Waals surface area contributed by atoms with Crippen LogP contribution in [0.3, 0.4) is 0 Å². The molecule has 0 fully saturated rings. The van der Waals surface area contributed by atoms with Crippen molar-refractivity contribution >= 4 is 6.21 Å². The summed E-state index contributed by atoms with van der Waals surface area (Å²) in [6, 6.07) is 0. The normalized spacial score (nSPS) is 13.4. The van der Waals surface area contributed by atoms with Gasteiger partial charge in [-0.1, -0.05) is 45.6 Å². The lowest BCUT2D eigenvalue weighted by Gasteiger charge is -2.12. The van der Waals surface area contributed by atoms with Crippen molar-refractivity contribution < 1.29 is 0 Å². The molecule has 98 valence electrons. The van der Waals surface area contributed by atoms with Crippen molar-refractivity contribution in [3.8, 4) is 0 Å². The van der Waals surface area contributed by atoms with Crippen molar-refractivity contribution in [1.82, 2.24) is 0 Å². The fraction of sp³-hybridized carbons (Fsp3) is 0.562. The lowest BCUT2D eigenvalue weighted by molar-refractivity contribution is 0.586. The summed E-state index contributed by atoms with van der Waals surface area (Å²) >= 11 is 0. The van der Waals surface area contributed by atoms with Crippen LogP contribution in [0.4, 0.5) is 0 Å². The largest absolute Gasteiger partial charge is 0.287 e. The minimum atomic E-state index is -0.0126. The number of aliphatic imine (C=N–C) groups is 1. The van der Waals surface area contributed by atoms with Gasteiger partial charge in [0.1, 0.15) is 0 Å². The summed E-state index contributed by atoms with van der Waals surface area (Å²) in [4.78, 5) is 4.51. The SMILES string of the molecule is C=C/C=C(C)\C(C=NC(C)(C)C)=C/CC.CC. The first-order valence-corrected chi connectivity index (χ1v) is 6.45. The van der Waals surface area contributed by atoms with Crippen LogP contribution in [0.25, 0.3) is 0 Å². The summed E-state index contributed by atoms with van der Waals surface area (Å²) in [6.45, 7) is 18.2. The average Bonchev–Trinajstić information content (AvgIpc) is 2.26. The predicted octanol–water partition coefficient (Wildman–Crippen LogP) is 5.35. The Morgan fingerprint density at radius 2 is 1.76 bits per heavy atom. The first-order chi connectivity index (χ1) is 7.90. The van der Waals surface area contributed by atoms with Gasteiger partial charge in [0, 0.05) is 6.21 Å². The van der Waals surface area contributed by atoms with Gasteiger partial charge in [-0.2, -0.15) is 0 Å². The van der Waals surface area contributed by atoms with Crippen molar-refractivity contribution in [2.45, 2.75) is 60.4 Å². The number of hydrogen-bond donors (Lipinski definition) is 0. The van der Waals surface area contributed by atoms with Gasteiger partial charge in [0.15, 0.2) is 0 Å². The van der Waals surface area contributed by atoms with Crippen LogP contribution in [0, 0.1) is 0 Å². The summed E-state index contributed by atoms with van der Waals surface area (Å²) in [6.07, 6.45) is 8.98. The fourth-order valence-electron chi connectivity index (χ4n) is 1.07. The topological polar surface area (TPSA) is 12.4 Å². The predicted molar refractivity (Wildman–Crippen MR) is 81.9 cm³/mol. The van der Waals surface area contributed by atoms with E-state index in [1.165, 1.54) is 11.1 Å². The molecule has 0 saturated heterocycles. The zero-order valence-corrected chi connectivity index (χ0v) is 12.7. The molecule has 0 aromatic carbocycles.